The fourth-order valence-corrected chi connectivity index (χ4v) is 7.13. The van der Waals surface area contributed by atoms with Crippen LogP contribution in [0.2, 0.25) is 0 Å². The summed E-state index contributed by atoms with van der Waals surface area (Å²) in [5.41, 5.74) is 8.20. The summed E-state index contributed by atoms with van der Waals surface area (Å²) in [6.07, 6.45) is 4.11. The highest BCUT2D eigenvalue weighted by atomic mass is 32.2. The molecule has 7 nitrogen and oxygen atoms in total. The molecule has 2 N–H and O–H groups in total. The smallest absolute Gasteiger partial charge is 0.341 e. The molecule has 262 valence electrons. The van der Waals surface area contributed by atoms with Crippen LogP contribution in [0.5, 0.6) is 11.5 Å². The van der Waals surface area contributed by atoms with Gasteiger partial charge in [-0.15, -0.1) is 23.5 Å². The molecule has 0 saturated carbocycles. The molecule has 0 spiro atoms. The zero-order chi connectivity index (χ0) is 37.2. The highest BCUT2D eigenvalue weighted by molar-refractivity contribution is 7.99. The summed E-state index contributed by atoms with van der Waals surface area (Å²) in [5.74, 6) is 13.3. The van der Waals surface area contributed by atoms with Crippen LogP contribution in [-0.4, -0.2) is 52.7 Å². The van der Waals surface area contributed by atoms with Crippen molar-refractivity contribution in [2.75, 3.05) is 24.7 Å². The molecule has 0 amide bonds. The lowest BCUT2D eigenvalue weighted by molar-refractivity contribution is -0.140. The van der Waals surface area contributed by atoms with Crippen molar-refractivity contribution in [3.8, 4) is 46.3 Å². The minimum Gasteiger partial charge on any atom is -0.482 e. The van der Waals surface area contributed by atoms with E-state index in [0.717, 1.165) is 65.8 Å². The number of carboxylic acids is 2. The summed E-state index contributed by atoms with van der Waals surface area (Å²) in [6, 6.07) is 22.9. The Balaban J connectivity index is 1.16. The van der Waals surface area contributed by atoms with E-state index in [1.54, 1.807) is 35.7 Å². The second-order valence-electron chi connectivity index (χ2n) is 12.0. The Morgan fingerprint density at radius 2 is 1.06 bits per heavy atom. The molecule has 1 aliphatic carbocycles. The largest absolute Gasteiger partial charge is 0.482 e. The Kier molecular flexibility index (Phi) is 12.7. The summed E-state index contributed by atoms with van der Waals surface area (Å²) in [5, 5.41) is 17.6. The van der Waals surface area contributed by atoms with Gasteiger partial charge >= 0.3 is 11.9 Å². The van der Waals surface area contributed by atoms with Crippen LogP contribution in [0.4, 0.5) is 0 Å². The lowest BCUT2D eigenvalue weighted by atomic mass is 10.0. The molecule has 0 fully saturated rings. The number of hydrogen-bond donors (Lipinski definition) is 2. The molecule has 0 aliphatic heterocycles. The van der Waals surface area contributed by atoms with E-state index in [1.165, 1.54) is 0 Å². The number of hydrogen-bond acceptors (Lipinski definition) is 7. The Labute approximate surface area is 312 Å². The van der Waals surface area contributed by atoms with Crippen LogP contribution in [0.25, 0.3) is 11.1 Å². The summed E-state index contributed by atoms with van der Waals surface area (Å²) in [7, 11) is 0. The predicted molar refractivity (Wildman–Crippen MR) is 207 cm³/mol. The molecule has 0 unspecified atom stereocenters. The van der Waals surface area contributed by atoms with E-state index in [0.29, 0.717) is 22.6 Å². The molecule has 0 heterocycles. The molecule has 9 heteroatoms. The lowest BCUT2D eigenvalue weighted by Crippen LogP contribution is -2.09. The third-order valence-corrected chi connectivity index (χ3v) is 9.74. The number of rotatable bonds is 12. The Morgan fingerprint density at radius 3 is 1.44 bits per heavy atom. The molecule has 5 rings (SSSR count). The second kappa shape index (κ2) is 17.5. The van der Waals surface area contributed by atoms with Crippen molar-refractivity contribution in [3.63, 3.8) is 0 Å². The van der Waals surface area contributed by atoms with Gasteiger partial charge in [-0.25, -0.2) is 9.59 Å². The summed E-state index contributed by atoms with van der Waals surface area (Å²) in [4.78, 5) is 37.1. The molecule has 0 radical (unpaired) electrons. The fourth-order valence-electron chi connectivity index (χ4n) is 5.23. The van der Waals surface area contributed by atoms with Crippen molar-refractivity contribution >= 4 is 41.2 Å². The van der Waals surface area contributed by atoms with Gasteiger partial charge in [-0.1, -0.05) is 48.0 Å². The van der Waals surface area contributed by atoms with E-state index >= 15 is 0 Å². The van der Waals surface area contributed by atoms with E-state index in [9.17, 15) is 14.4 Å². The zero-order valence-electron chi connectivity index (χ0n) is 29.2. The van der Waals surface area contributed by atoms with E-state index in [2.05, 4.69) is 35.8 Å². The van der Waals surface area contributed by atoms with Gasteiger partial charge in [-0.05, 0) is 122 Å². The Bertz CT molecular complexity index is 2090. The molecular weight excluding hydrogens is 693 g/mol. The first-order chi connectivity index (χ1) is 25.0. The molecule has 4 aromatic carbocycles. The van der Waals surface area contributed by atoms with E-state index in [-0.39, 0.29) is 19.0 Å². The number of ketones is 1. The first-order valence-electron chi connectivity index (χ1n) is 16.3. The number of allylic oxidation sites excluding steroid dienone is 2. The van der Waals surface area contributed by atoms with Crippen LogP contribution in [-0.2, 0) is 9.59 Å². The zero-order valence-corrected chi connectivity index (χ0v) is 30.8. The highest BCUT2D eigenvalue weighted by Gasteiger charge is 2.26. The molecule has 0 bridgehead atoms. The van der Waals surface area contributed by atoms with Gasteiger partial charge in [0.15, 0.2) is 19.0 Å². The van der Waals surface area contributed by atoms with Gasteiger partial charge in [0.05, 0.1) is 0 Å². The van der Waals surface area contributed by atoms with Crippen molar-refractivity contribution in [2.45, 2.75) is 37.5 Å². The van der Waals surface area contributed by atoms with Crippen molar-refractivity contribution < 1.29 is 34.1 Å². The maximum atomic E-state index is 13.5. The van der Waals surface area contributed by atoms with Crippen LogP contribution in [0, 0.1) is 37.5 Å². The number of carbonyl (C=O) groups excluding carboxylic acids is 1. The first-order valence-corrected chi connectivity index (χ1v) is 18.3. The van der Waals surface area contributed by atoms with E-state index in [1.807, 2.05) is 88.4 Å². The van der Waals surface area contributed by atoms with Gasteiger partial charge in [0.25, 0.3) is 0 Å². The van der Waals surface area contributed by atoms with E-state index in [4.69, 9.17) is 19.7 Å². The summed E-state index contributed by atoms with van der Waals surface area (Å²) < 4.78 is 10.6. The summed E-state index contributed by atoms with van der Waals surface area (Å²) in [6.45, 7) is 6.95. The molecule has 0 atom stereocenters. The number of carboxylic acid groups (broad SMARTS) is 2. The third-order valence-electron chi connectivity index (χ3n) is 7.90. The van der Waals surface area contributed by atoms with Crippen molar-refractivity contribution in [2.24, 2.45) is 0 Å². The molecule has 4 aromatic rings. The molecule has 1 aliphatic rings. The van der Waals surface area contributed by atoms with Crippen LogP contribution < -0.4 is 9.47 Å². The van der Waals surface area contributed by atoms with Crippen molar-refractivity contribution in [1.29, 1.82) is 0 Å². The normalized spacial score (nSPS) is 11.8. The number of aryl methyl sites for hydroxylation is 2. The van der Waals surface area contributed by atoms with Crippen LogP contribution in [0.1, 0.15) is 52.0 Å². The second-order valence-corrected chi connectivity index (χ2v) is 14.2. The first kappa shape index (κ1) is 37.6. The Hall–Kier alpha value is -5.61. The number of carbonyl (C=O) groups is 3. The van der Waals surface area contributed by atoms with Gasteiger partial charge < -0.3 is 19.7 Å². The minimum atomic E-state index is -1.01. The Morgan fingerprint density at radius 1 is 0.635 bits per heavy atom. The number of aliphatic carboxylic acids is 2. The number of ether oxygens (including phenoxy) is 2. The maximum absolute atomic E-state index is 13.5. The van der Waals surface area contributed by atoms with E-state index < -0.39 is 11.9 Å². The third kappa shape index (κ3) is 10.2. The average molecular weight is 729 g/mol. The molecule has 0 saturated heterocycles. The van der Waals surface area contributed by atoms with Gasteiger partial charge in [0.1, 0.15) is 11.5 Å². The standard InChI is InChI=1S/C43H36O7S2/c1-27(17-19-51-33-11-15-39(29(3)21-33)49-25-41(44)45)5-7-31-9-13-35-36-14-10-32(24-38(36)43(48)37(35)23-31)8-6-28(2)18-20-52-34-12-16-40(30(4)22-34)50-26-42(46)47/h9-18,21-24H,19-20,25-26H2,1-4H3,(H,44,45)(H,46,47). The van der Waals surface area contributed by atoms with Gasteiger partial charge in [-0.3, -0.25) is 4.79 Å². The van der Waals surface area contributed by atoms with Crippen LogP contribution >= 0.6 is 23.5 Å². The van der Waals surface area contributed by atoms with Crippen LogP contribution in [0.15, 0.2) is 106 Å². The predicted octanol–water partition coefficient (Wildman–Crippen LogP) is 8.62. The SMILES string of the molecule is CC(C#Cc1ccc2c(c1)C(=O)c1cc(C#CC(C)=CCSc3ccc(OCC(=O)O)c(C)c3)ccc1-2)=CCSc1ccc(OCC(=O)O)c(C)c1. The van der Waals surface area contributed by atoms with Gasteiger partial charge in [0.2, 0.25) is 0 Å². The highest BCUT2D eigenvalue weighted by Crippen LogP contribution is 2.37. The quantitative estimate of drug-likeness (QED) is 0.0964. The molecular formula is C43H36O7S2. The van der Waals surface area contributed by atoms with Crippen LogP contribution in [0.3, 0.4) is 0 Å². The maximum Gasteiger partial charge on any atom is 0.341 e. The van der Waals surface area contributed by atoms with Crippen molar-refractivity contribution in [3.05, 3.63) is 129 Å². The average Bonchev–Trinajstić information content (AvgIpc) is 3.39. The molecule has 52 heavy (non-hydrogen) atoms. The lowest BCUT2D eigenvalue weighted by Gasteiger charge is -2.08. The molecule has 0 aromatic heterocycles. The number of thioether (sulfide) groups is 2. The number of fused-ring (bicyclic) bond motifs is 3. The topological polar surface area (TPSA) is 110 Å². The van der Waals surface area contributed by atoms with Gasteiger partial charge in [-0.2, -0.15) is 0 Å². The van der Waals surface area contributed by atoms with Crippen molar-refractivity contribution in [1.82, 2.24) is 0 Å². The van der Waals surface area contributed by atoms with Gasteiger partial charge in [0, 0.05) is 43.6 Å². The monoisotopic (exact) mass is 728 g/mol. The fraction of sp³-hybridized carbons (Fsp3) is 0.186. The summed E-state index contributed by atoms with van der Waals surface area (Å²) >= 11 is 3.29. The minimum absolute atomic E-state index is 0.0334. The number of benzene rings is 4.